The molecule has 0 saturated heterocycles. The van der Waals surface area contributed by atoms with Crippen LogP contribution in [0.4, 0.5) is 5.69 Å². The van der Waals surface area contributed by atoms with E-state index in [0.29, 0.717) is 9.21 Å². The molecule has 3 aromatic rings. The number of rotatable bonds is 3. The minimum Gasteiger partial charge on any atom is -0.321 e. The number of nitrogens with one attached hydrogen (secondary N) is 1. The van der Waals surface area contributed by atoms with Crippen LogP contribution in [-0.4, -0.2) is 15.5 Å². The zero-order chi connectivity index (χ0) is 13.9. The topological polar surface area (TPSA) is 46.9 Å². The molecule has 1 N–H and O–H groups in total. The molecule has 0 fully saturated rings. The van der Waals surface area contributed by atoms with E-state index in [-0.39, 0.29) is 5.91 Å². The molecule has 3 rings (SSSR count). The monoisotopic (exact) mass is 303 g/mol. The fourth-order valence-electron chi connectivity index (χ4n) is 1.76. The fraction of sp³-hybridized carbons (Fsp3) is 0. The Hall–Kier alpha value is -2.11. The van der Waals surface area contributed by atoms with E-state index < -0.39 is 0 Å². The number of carbonyl (C=O) groups excluding carboxylic acids is 1. The maximum Gasteiger partial charge on any atom is 0.265 e. The quantitative estimate of drug-likeness (QED) is 0.799. The van der Waals surface area contributed by atoms with E-state index in [1.807, 2.05) is 35.0 Å². The SMILES string of the molecule is O=C(Nc1ccc(-n2ccnc2)cc1)c1ccc(Cl)s1. The first kappa shape index (κ1) is 12.9. The van der Waals surface area contributed by atoms with Gasteiger partial charge in [-0.05, 0) is 36.4 Å². The van der Waals surface area contributed by atoms with Crippen molar-refractivity contribution in [1.29, 1.82) is 0 Å². The molecule has 1 amide bonds. The molecular weight excluding hydrogens is 294 g/mol. The summed E-state index contributed by atoms with van der Waals surface area (Å²) in [5, 5.41) is 2.83. The molecule has 100 valence electrons. The number of amides is 1. The van der Waals surface area contributed by atoms with Gasteiger partial charge in [0.1, 0.15) is 0 Å². The van der Waals surface area contributed by atoms with Gasteiger partial charge in [0.05, 0.1) is 15.5 Å². The van der Waals surface area contributed by atoms with Gasteiger partial charge in [-0.15, -0.1) is 11.3 Å². The third kappa shape index (κ3) is 2.74. The van der Waals surface area contributed by atoms with Gasteiger partial charge < -0.3 is 9.88 Å². The van der Waals surface area contributed by atoms with E-state index in [4.69, 9.17) is 11.6 Å². The maximum absolute atomic E-state index is 12.0. The van der Waals surface area contributed by atoms with Gasteiger partial charge in [-0.1, -0.05) is 11.6 Å². The van der Waals surface area contributed by atoms with Crippen LogP contribution in [-0.2, 0) is 0 Å². The second-order valence-corrected chi connectivity index (χ2v) is 5.79. The maximum atomic E-state index is 12.0. The van der Waals surface area contributed by atoms with Crippen LogP contribution in [0.5, 0.6) is 0 Å². The molecule has 0 aliphatic heterocycles. The highest BCUT2D eigenvalue weighted by molar-refractivity contribution is 7.18. The Bertz CT molecular complexity index is 719. The predicted octanol–water partition coefficient (Wildman–Crippen LogP) is 3.84. The highest BCUT2D eigenvalue weighted by Gasteiger charge is 2.08. The number of hydrogen-bond acceptors (Lipinski definition) is 3. The van der Waals surface area contributed by atoms with Gasteiger partial charge in [0.25, 0.3) is 5.91 Å². The predicted molar refractivity (Wildman–Crippen MR) is 80.8 cm³/mol. The van der Waals surface area contributed by atoms with E-state index in [1.165, 1.54) is 11.3 Å². The Morgan fingerprint density at radius 2 is 2.00 bits per heavy atom. The molecule has 0 atom stereocenters. The van der Waals surface area contributed by atoms with Crippen molar-refractivity contribution < 1.29 is 4.79 Å². The molecule has 20 heavy (non-hydrogen) atoms. The van der Waals surface area contributed by atoms with Gasteiger partial charge in [-0.2, -0.15) is 0 Å². The van der Waals surface area contributed by atoms with Crippen molar-refractivity contribution in [3.63, 3.8) is 0 Å². The van der Waals surface area contributed by atoms with Crippen molar-refractivity contribution in [2.45, 2.75) is 0 Å². The third-order valence-corrected chi connectivity index (χ3v) is 3.95. The van der Waals surface area contributed by atoms with E-state index in [1.54, 1.807) is 24.7 Å². The fourth-order valence-corrected chi connectivity index (χ4v) is 2.70. The molecule has 0 unspecified atom stereocenters. The zero-order valence-corrected chi connectivity index (χ0v) is 11.9. The van der Waals surface area contributed by atoms with Crippen LogP contribution in [0.1, 0.15) is 9.67 Å². The number of carbonyl (C=O) groups is 1. The van der Waals surface area contributed by atoms with Crippen LogP contribution in [0, 0.1) is 0 Å². The van der Waals surface area contributed by atoms with Gasteiger partial charge in [0.15, 0.2) is 0 Å². The summed E-state index contributed by atoms with van der Waals surface area (Å²) < 4.78 is 2.50. The largest absolute Gasteiger partial charge is 0.321 e. The number of nitrogens with zero attached hydrogens (tertiary/aromatic N) is 2. The second kappa shape index (κ2) is 5.48. The van der Waals surface area contributed by atoms with Crippen LogP contribution in [0.25, 0.3) is 5.69 Å². The Balaban J connectivity index is 1.74. The molecule has 0 bridgehead atoms. The van der Waals surface area contributed by atoms with Gasteiger partial charge >= 0.3 is 0 Å². The molecule has 0 aliphatic carbocycles. The van der Waals surface area contributed by atoms with E-state index >= 15 is 0 Å². The van der Waals surface area contributed by atoms with Crippen molar-refractivity contribution in [2.24, 2.45) is 0 Å². The van der Waals surface area contributed by atoms with Crippen molar-refractivity contribution in [3.8, 4) is 5.69 Å². The van der Waals surface area contributed by atoms with Crippen LogP contribution < -0.4 is 5.32 Å². The molecule has 0 saturated carbocycles. The summed E-state index contributed by atoms with van der Waals surface area (Å²) in [6.45, 7) is 0. The summed E-state index contributed by atoms with van der Waals surface area (Å²) in [4.78, 5) is 16.6. The van der Waals surface area contributed by atoms with Crippen LogP contribution in [0.2, 0.25) is 4.34 Å². The second-order valence-electron chi connectivity index (χ2n) is 4.07. The molecule has 2 aromatic heterocycles. The van der Waals surface area contributed by atoms with Crippen molar-refractivity contribution >= 4 is 34.5 Å². The molecule has 0 aliphatic rings. The minimum absolute atomic E-state index is 0.155. The van der Waals surface area contributed by atoms with Crippen molar-refractivity contribution in [1.82, 2.24) is 9.55 Å². The molecule has 0 spiro atoms. The normalized spacial score (nSPS) is 10.4. The summed E-state index contributed by atoms with van der Waals surface area (Å²) in [5.41, 5.74) is 1.73. The van der Waals surface area contributed by atoms with E-state index in [0.717, 1.165) is 11.4 Å². The average molecular weight is 304 g/mol. The molecular formula is C14H10ClN3OS. The lowest BCUT2D eigenvalue weighted by Crippen LogP contribution is -2.09. The van der Waals surface area contributed by atoms with Gasteiger partial charge in [0, 0.05) is 23.8 Å². The third-order valence-electron chi connectivity index (χ3n) is 2.72. The highest BCUT2D eigenvalue weighted by atomic mass is 35.5. The lowest BCUT2D eigenvalue weighted by atomic mass is 10.2. The standard InChI is InChI=1S/C14H10ClN3OS/c15-13-6-5-12(20-13)14(19)17-10-1-3-11(4-2-10)18-8-7-16-9-18/h1-9H,(H,17,19). The lowest BCUT2D eigenvalue weighted by molar-refractivity contribution is 0.103. The Kier molecular flexibility index (Phi) is 3.54. The van der Waals surface area contributed by atoms with Gasteiger partial charge in [-0.3, -0.25) is 4.79 Å². The molecule has 1 aromatic carbocycles. The minimum atomic E-state index is -0.155. The van der Waals surface area contributed by atoms with Crippen LogP contribution >= 0.6 is 22.9 Å². The lowest BCUT2D eigenvalue weighted by Gasteiger charge is -2.06. The zero-order valence-electron chi connectivity index (χ0n) is 10.3. The van der Waals surface area contributed by atoms with Crippen LogP contribution in [0.15, 0.2) is 55.1 Å². The number of benzene rings is 1. The van der Waals surface area contributed by atoms with Crippen molar-refractivity contribution in [2.75, 3.05) is 5.32 Å². The summed E-state index contributed by atoms with van der Waals surface area (Å²) >= 11 is 7.07. The number of hydrogen-bond donors (Lipinski definition) is 1. The Morgan fingerprint density at radius 3 is 2.60 bits per heavy atom. The van der Waals surface area contributed by atoms with Crippen molar-refractivity contribution in [3.05, 3.63) is 64.3 Å². The van der Waals surface area contributed by atoms with Gasteiger partial charge in [-0.25, -0.2) is 4.98 Å². The summed E-state index contributed by atoms with van der Waals surface area (Å²) in [7, 11) is 0. The molecule has 6 heteroatoms. The first-order chi connectivity index (χ1) is 9.72. The Morgan fingerprint density at radius 1 is 1.20 bits per heavy atom. The number of halogens is 1. The Labute approximate surface area is 124 Å². The van der Waals surface area contributed by atoms with E-state index in [9.17, 15) is 4.79 Å². The highest BCUT2D eigenvalue weighted by Crippen LogP contribution is 2.22. The molecule has 4 nitrogen and oxygen atoms in total. The smallest absolute Gasteiger partial charge is 0.265 e. The average Bonchev–Trinajstić information content (AvgIpc) is 3.10. The number of imidazole rings is 1. The first-order valence-corrected chi connectivity index (χ1v) is 7.07. The van der Waals surface area contributed by atoms with Crippen LogP contribution in [0.3, 0.4) is 0 Å². The number of thiophene rings is 1. The summed E-state index contributed by atoms with van der Waals surface area (Å²) in [6, 6.07) is 11.0. The van der Waals surface area contributed by atoms with Gasteiger partial charge in [0.2, 0.25) is 0 Å². The molecule has 2 heterocycles. The van der Waals surface area contributed by atoms with E-state index in [2.05, 4.69) is 10.3 Å². The number of anilines is 1. The molecule has 0 radical (unpaired) electrons. The summed E-state index contributed by atoms with van der Waals surface area (Å²) in [5.74, 6) is -0.155. The summed E-state index contributed by atoms with van der Waals surface area (Å²) in [6.07, 6.45) is 5.30. The first-order valence-electron chi connectivity index (χ1n) is 5.87. The number of aromatic nitrogens is 2.